The van der Waals surface area contributed by atoms with Crippen LogP contribution in [0.15, 0.2) is 47.2 Å². The van der Waals surface area contributed by atoms with Gasteiger partial charge in [0.1, 0.15) is 0 Å². The van der Waals surface area contributed by atoms with Crippen LogP contribution in [0.5, 0.6) is 0 Å². The number of anilines is 2. The number of amides is 1. The summed E-state index contributed by atoms with van der Waals surface area (Å²) in [6.45, 7) is 0. The van der Waals surface area contributed by atoms with Crippen molar-refractivity contribution >= 4 is 39.0 Å². The van der Waals surface area contributed by atoms with Gasteiger partial charge in [-0.2, -0.15) is 0 Å². The number of nitrogens with zero attached hydrogens (tertiary/aromatic N) is 2. The number of halogens is 1. The first-order valence-electron chi connectivity index (χ1n) is 6.21. The minimum absolute atomic E-state index is 0.339. The number of pyridine rings is 1. The summed E-state index contributed by atoms with van der Waals surface area (Å²) in [4.78, 5) is 29.9. The van der Waals surface area contributed by atoms with E-state index in [0.29, 0.717) is 11.3 Å². The third kappa shape index (κ3) is 3.66. The first-order valence-corrected chi connectivity index (χ1v) is 7.01. The molecule has 0 aliphatic carbocycles. The molecule has 0 bridgehead atoms. The zero-order valence-corrected chi connectivity index (χ0v) is 13.2. The molecule has 0 saturated heterocycles. The minimum Gasteiger partial charge on any atom is -0.376 e. The fraction of sp³-hybridized carbons (Fsp3) is 0.133. The zero-order chi connectivity index (χ0) is 15.4. The highest BCUT2D eigenvalue weighted by atomic mass is 79.9. The highest BCUT2D eigenvalue weighted by molar-refractivity contribution is 9.10. The van der Waals surface area contributed by atoms with E-state index >= 15 is 0 Å². The standard InChI is InChI=1S/C15H14BrN3O2/c1-19(2)13-7-8-17-9-12(13)18-15(21)14(20)10-3-5-11(16)6-4-10/h3-9H,1-2H3,(H,18,21). The summed E-state index contributed by atoms with van der Waals surface area (Å²) in [5.41, 5.74) is 1.62. The summed E-state index contributed by atoms with van der Waals surface area (Å²) < 4.78 is 0.849. The summed E-state index contributed by atoms with van der Waals surface area (Å²) in [7, 11) is 3.70. The molecule has 1 heterocycles. The third-order valence-corrected chi connectivity index (χ3v) is 3.37. The Bertz CT molecular complexity index is 669. The lowest BCUT2D eigenvalue weighted by Gasteiger charge is -2.16. The molecule has 2 aromatic rings. The Morgan fingerprint density at radius 1 is 1.14 bits per heavy atom. The fourth-order valence-corrected chi connectivity index (χ4v) is 2.05. The number of ketones is 1. The first kappa shape index (κ1) is 15.2. The molecule has 0 spiro atoms. The van der Waals surface area contributed by atoms with E-state index in [0.717, 1.165) is 10.2 Å². The molecule has 0 unspecified atom stereocenters. The predicted molar refractivity (Wildman–Crippen MR) is 85.7 cm³/mol. The van der Waals surface area contributed by atoms with Crippen LogP contribution in [-0.2, 0) is 4.79 Å². The number of Topliss-reactive ketones (excluding diaryl/α,β-unsaturated/α-hetero) is 1. The van der Waals surface area contributed by atoms with E-state index in [2.05, 4.69) is 26.2 Å². The molecule has 0 aliphatic rings. The van der Waals surface area contributed by atoms with Gasteiger partial charge in [0.2, 0.25) is 0 Å². The lowest BCUT2D eigenvalue weighted by Crippen LogP contribution is -2.24. The predicted octanol–water partition coefficient (Wildman–Crippen LogP) is 2.73. The van der Waals surface area contributed by atoms with E-state index in [1.807, 2.05) is 19.0 Å². The Balaban J connectivity index is 2.18. The third-order valence-electron chi connectivity index (χ3n) is 2.84. The number of benzene rings is 1. The molecule has 5 nitrogen and oxygen atoms in total. The topological polar surface area (TPSA) is 62.3 Å². The van der Waals surface area contributed by atoms with Crippen molar-refractivity contribution in [1.29, 1.82) is 0 Å². The monoisotopic (exact) mass is 347 g/mol. The van der Waals surface area contributed by atoms with Gasteiger partial charge in [-0.3, -0.25) is 14.6 Å². The maximum absolute atomic E-state index is 12.1. The van der Waals surface area contributed by atoms with Crippen LogP contribution in [0.1, 0.15) is 10.4 Å². The summed E-state index contributed by atoms with van der Waals surface area (Å²) >= 11 is 3.29. The molecule has 21 heavy (non-hydrogen) atoms. The molecule has 1 N–H and O–H groups in total. The molecule has 2 rings (SSSR count). The smallest absolute Gasteiger partial charge is 0.296 e. The van der Waals surface area contributed by atoms with Gasteiger partial charge in [-0.15, -0.1) is 0 Å². The van der Waals surface area contributed by atoms with Crippen LogP contribution in [-0.4, -0.2) is 30.8 Å². The van der Waals surface area contributed by atoms with Gasteiger partial charge in [0.25, 0.3) is 11.7 Å². The van der Waals surface area contributed by atoms with Gasteiger partial charge >= 0.3 is 0 Å². The molecule has 1 aromatic heterocycles. The molecule has 0 aliphatic heterocycles. The fourth-order valence-electron chi connectivity index (χ4n) is 1.78. The second-order valence-corrected chi connectivity index (χ2v) is 5.49. The molecule has 0 atom stereocenters. The van der Waals surface area contributed by atoms with Crippen molar-refractivity contribution in [2.45, 2.75) is 0 Å². The van der Waals surface area contributed by atoms with Gasteiger partial charge in [0, 0.05) is 30.3 Å². The van der Waals surface area contributed by atoms with Crippen LogP contribution >= 0.6 is 15.9 Å². The second kappa shape index (κ2) is 6.49. The molecule has 1 amide bonds. The molecule has 0 radical (unpaired) electrons. The molecular formula is C15H14BrN3O2. The van der Waals surface area contributed by atoms with Crippen molar-refractivity contribution in [3.05, 3.63) is 52.8 Å². The summed E-state index contributed by atoms with van der Waals surface area (Å²) in [5, 5.41) is 2.60. The number of aromatic nitrogens is 1. The number of hydrogen-bond acceptors (Lipinski definition) is 4. The van der Waals surface area contributed by atoms with Crippen molar-refractivity contribution in [2.24, 2.45) is 0 Å². The SMILES string of the molecule is CN(C)c1ccncc1NC(=O)C(=O)c1ccc(Br)cc1. The van der Waals surface area contributed by atoms with Crippen molar-refractivity contribution in [1.82, 2.24) is 4.98 Å². The Hall–Kier alpha value is -2.21. The Morgan fingerprint density at radius 2 is 1.81 bits per heavy atom. The Labute approximate surface area is 131 Å². The van der Waals surface area contributed by atoms with E-state index in [1.165, 1.54) is 6.20 Å². The van der Waals surface area contributed by atoms with Gasteiger partial charge in [0.15, 0.2) is 0 Å². The van der Waals surface area contributed by atoms with Gasteiger partial charge in [-0.25, -0.2) is 0 Å². The van der Waals surface area contributed by atoms with Crippen LogP contribution < -0.4 is 10.2 Å². The van der Waals surface area contributed by atoms with Crippen LogP contribution in [0.3, 0.4) is 0 Å². The van der Waals surface area contributed by atoms with Gasteiger partial charge < -0.3 is 10.2 Å². The number of rotatable bonds is 4. The Kier molecular flexibility index (Phi) is 4.70. The normalized spacial score (nSPS) is 10.0. The maximum atomic E-state index is 12.1. The van der Waals surface area contributed by atoms with E-state index in [4.69, 9.17) is 0 Å². The number of carbonyl (C=O) groups excluding carboxylic acids is 2. The minimum atomic E-state index is -0.687. The molecule has 0 saturated carbocycles. The summed E-state index contributed by atoms with van der Waals surface area (Å²) in [6.07, 6.45) is 3.14. The number of carbonyl (C=O) groups is 2. The van der Waals surface area contributed by atoms with Crippen molar-refractivity contribution in [3.8, 4) is 0 Å². The average molecular weight is 348 g/mol. The quantitative estimate of drug-likeness (QED) is 0.682. The van der Waals surface area contributed by atoms with Gasteiger partial charge in [-0.05, 0) is 30.3 Å². The lowest BCUT2D eigenvalue weighted by molar-refractivity contribution is -0.112. The Morgan fingerprint density at radius 3 is 2.43 bits per heavy atom. The van der Waals surface area contributed by atoms with E-state index in [1.54, 1.807) is 36.5 Å². The molecule has 1 aromatic carbocycles. The molecule has 6 heteroatoms. The largest absolute Gasteiger partial charge is 0.376 e. The highest BCUT2D eigenvalue weighted by Gasteiger charge is 2.18. The molecule has 108 valence electrons. The van der Waals surface area contributed by atoms with Gasteiger partial charge in [0.05, 0.1) is 17.6 Å². The van der Waals surface area contributed by atoms with Crippen molar-refractivity contribution in [3.63, 3.8) is 0 Å². The lowest BCUT2D eigenvalue weighted by atomic mass is 10.1. The van der Waals surface area contributed by atoms with E-state index in [-0.39, 0.29) is 0 Å². The molecular weight excluding hydrogens is 334 g/mol. The van der Waals surface area contributed by atoms with E-state index in [9.17, 15) is 9.59 Å². The summed E-state index contributed by atoms with van der Waals surface area (Å²) in [5.74, 6) is -1.27. The van der Waals surface area contributed by atoms with Gasteiger partial charge in [-0.1, -0.05) is 15.9 Å². The highest BCUT2D eigenvalue weighted by Crippen LogP contribution is 2.22. The van der Waals surface area contributed by atoms with E-state index < -0.39 is 11.7 Å². The summed E-state index contributed by atoms with van der Waals surface area (Å²) in [6, 6.07) is 8.40. The van der Waals surface area contributed by atoms with Crippen molar-refractivity contribution < 1.29 is 9.59 Å². The first-order chi connectivity index (χ1) is 9.99. The van der Waals surface area contributed by atoms with Crippen molar-refractivity contribution in [2.75, 3.05) is 24.3 Å². The maximum Gasteiger partial charge on any atom is 0.296 e. The molecule has 0 fully saturated rings. The average Bonchev–Trinajstić information content (AvgIpc) is 2.47. The van der Waals surface area contributed by atoms with Crippen LogP contribution in [0.2, 0.25) is 0 Å². The second-order valence-electron chi connectivity index (χ2n) is 4.58. The van der Waals surface area contributed by atoms with Crippen LogP contribution in [0.4, 0.5) is 11.4 Å². The van der Waals surface area contributed by atoms with Crippen LogP contribution in [0, 0.1) is 0 Å². The number of nitrogens with one attached hydrogen (secondary N) is 1. The van der Waals surface area contributed by atoms with Crippen LogP contribution in [0.25, 0.3) is 0 Å². The zero-order valence-electron chi connectivity index (χ0n) is 11.6. The number of hydrogen-bond donors (Lipinski definition) is 1.